The van der Waals surface area contributed by atoms with E-state index < -0.39 is 0 Å². The summed E-state index contributed by atoms with van der Waals surface area (Å²) in [4.78, 5) is 8.72. The lowest BCUT2D eigenvalue weighted by Crippen LogP contribution is -2.37. The number of anilines is 2. The fraction of sp³-hybridized carbons (Fsp3) is 0.250. The Labute approximate surface area is 126 Å². The van der Waals surface area contributed by atoms with Crippen molar-refractivity contribution in [2.75, 3.05) is 5.32 Å². The van der Waals surface area contributed by atoms with Gasteiger partial charge in [0.15, 0.2) is 0 Å². The Kier molecular flexibility index (Phi) is 3.34. The van der Waals surface area contributed by atoms with Crippen molar-refractivity contribution in [3.63, 3.8) is 0 Å². The number of aromatic nitrogens is 2. The molecule has 0 fully saturated rings. The molecule has 4 heteroatoms. The number of aryl methyl sites for hydroxylation is 1. The van der Waals surface area contributed by atoms with Gasteiger partial charge in [-0.25, -0.2) is 9.97 Å². The first-order valence-electron chi connectivity index (χ1n) is 6.60. The van der Waals surface area contributed by atoms with Crippen LogP contribution < -0.4 is 15.9 Å². The topological polar surface area (TPSA) is 37.8 Å². The van der Waals surface area contributed by atoms with Crippen LogP contribution in [0.3, 0.4) is 0 Å². The molecule has 0 saturated heterocycles. The average molecular weight is 330 g/mol. The molecule has 1 atom stereocenters. The Morgan fingerprint density at radius 2 is 1.95 bits per heavy atom. The van der Waals surface area contributed by atoms with Gasteiger partial charge in [-0.3, -0.25) is 0 Å². The Bertz CT molecular complexity index is 748. The van der Waals surface area contributed by atoms with Crippen molar-refractivity contribution in [1.82, 2.24) is 9.97 Å². The molecule has 1 N–H and O–H groups in total. The minimum Gasteiger partial charge on any atom is -0.340 e. The number of nitrogens with zero attached hydrogens (tertiary/aromatic N) is 2. The van der Waals surface area contributed by atoms with Crippen molar-refractivity contribution in [2.45, 2.75) is 24.6 Å². The molecule has 0 bridgehead atoms. The molecule has 0 saturated carbocycles. The molecule has 3 rings (SSSR count). The van der Waals surface area contributed by atoms with Gasteiger partial charge < -0.3 is 5.32 Å². The zero-order chi connectivity index (χ0) is 14.2. The van der Waals surface area contributed by atoms with E-state index in [9.17, 15) is 0 Å². The predicted molar refractivity (Wildman–Crippen MR) is 86.6 cm³/mol. The van der Waals surface area contributed by atoms with Crippen LogP contribution in [0.25, 0.3) is 12.2 Å². The first-order valence-corrected chi connectivity index (χ1v) is 7.39. The van der Waals surface area contributed by atoms with Crippen LogP contribution in [-0.4, -0.2) is 14.3 Å². The second-order valence-electron chi connectivity index (χ2n) is 5.34. The minimum atomic E-state index is -0.0333. The van der Waals surface area contributed by atoms with Crippen LogP contribution in [-0.2, 0) is 0 Å². The average Bonchev–Trinajstić information content (AvgIpc) is 2.41. The summed E-state index contributed by atoms with van der Waals surface area (Å²) in [5.74, 6) is 0.848. The monoisotopic (exact) mass is 329 g/mol. The van der Waals surface area contributed by atoms with E-state index in [-0.39, 0.29) is 4.32 Å². The number of nitrogens with one attached hydrogen (secondary N) is 1. The van der Waals surface area contributed by atoms with E-state index >= 15 is 0 Å². The number of alkyl halides is 1. The molecule has 20 heavy (non-hydrogen) atoms. The van der Waals surface area contributed by atoms with Crippen LogP contribution in [0.5, 0.6) is 0 Å². The van der Waals surface area contributed by atoms with E-state index in [1.54, 1.807) is 6.33 Å². The van der Waals surface area contributed by atoms with Crippen molar-refractivity contribution in [3.8, 4) is 0 Å². The van der Waals surface area contributed by atoms with Gasteiger partial charge >= 0.3 is 0 Å². The van der Waals surface area contributed by atoms with Gasteiger partial charge in [0, 0.05) is 15.2 Å². The molecule has 1 aliphatic carbocycles. The van der Waals surface area contributed by atoms with Crippen molar-refractivity contribution >= 4 is 39.6 Å². The fourth-order valence-corrected chi connectivity index (χ4v) is 2.63. The molecule has 0 spiro atoms. The molecule has 2 aromatic rings. The van der Waals surface area contributed by atoms with Crippen LogP contribution >= 0.6 is 15.9 Å². The van der Waals surface area contributed by atoms with Gasteiger partial charge in [-0.15, -0.1) is 0 Å². The Balaban J connectivity index is 2.06. The van der Waals surface area contributed by atoms with E-state index in [4.69, 9.17) is 0 Å². The molecule has 1 aromatic carbocycles. The van der Waals surface area contributed by atoms with Crippen LogP contribution in [0.2, 0.25) is 0 Å². The molecule has 1 heterocycles. The van der Waals surface area contributed by atoms with E-state index in [0.29, 0.717) is 0 Å². The summed E-state index contributed by atoms with van der Waals surface area (Å²) >= 11 is 3.72. The van der Waals surface area contributed by atoms with Crippen LogP contribution in [0.4, 0.5) is 11.5 Å². The number of fused-ring (bicyclic) bond motifs is 1. The third-order valence-corrected chi connectivity index (χ3v) is 3.92. The summed E-state index contributed by atoms with van der Waals surface area (Å²) in [7, 11) is 0. The molecular weight excluding hydrogens is 314 g/mol. The van der Waals surface area contributed by atoms with Gasteiger partial charge in [0.25, 0.3) is 0 Å². The predicted octanol–water partition coefficient (Wildman–Crippen LogP) is 2.65. The fourth-order valence-electron chi connectivity index (χ4n) is 2.24. The molecule has 1 unspecified atom stereocenters. The number of hydrogen-bond acceptors (Lipinski definition) is 3. The lowest BCUT2D eigenvalue weighted by atomic mass is 10.0. The van der Waals surface area contributed by atoms with Crippen molar-refractivity contribution in [2.24, 2.45) is 0 Å². The van der Waals surface area contributed by atoms with E-state index in [2.05, 4.69) is 81.5 Å². The summed E-state index contributed by atoms with van der Waals surface area (Å²) in [6.45, 7) is 4.23. The van der Waals surface area contributed by atoms with Gasteiger partial charge in [0.2, 0.25) is 0 Å². The quantitative estimate of drug-likeness (QED) is 0.861. The van der Waals surface area contributed by atoms with E-state index in [1.165, 1.54) is 5.56 Å². The minimum absolute atomic E-state index is 0.0333. The molecule has 1 aromatic heterocycles. The first kappa shape index (κ1) is 13.3. The maximum absolute atomic E-state index is 4.38. The SMILES string of the molecule is Cc1ccc(Nc2ncnc3c2=CC(C)(Br)CC=3)cc1. The number of halogens is 1. The highest BCUT2D eigenvalue weighted by atomic mass is 79.9. The van der Waals surface area contributed by atoms with Gasteiger partial charge in [-0.1, -0.05) is 45.8 Å². The van der Waals surface area contributed by atoms with E-state index in [0.717, 1.165) is 28.5 Å². The third-order valence-electron chi connectivity index (χ3n) is 3.37. The maximum atomic E-state index is 4.38. The largest absolute Gasteiger partial charge is 0.340 e. The van der Waals surface area contributed by atoms with Gasteiger partial charge in [0.05, 0.1) is 5.35 Å². The Morgan fingerprint density at radius 1 is 1.20 bits per heavy atom. The second kappa shape index (κ2) is 5.02. The Morgan fingerprint density at radius 3 is 2.70 bits per heavy atom. The van der Waals surface area contributed by atoms with Crippen molar-refractivity contribution in [3.05, 3.63) is 46.7 Å². The molecule has 3 nitrogen and oxygen atoms in total. The number of benzene rings is 1. The highest BCUT2D eigenvalue weighted by Crippen LogP contribution is 2.25. The maximum Gasteiger partial charge on any atom is 0.141 e. The second-order valence-corrected chi connectivity index (χ2v) is 7.15. The smallest absolute Gasteiger partial charge is 0.141 e. The lowest BCUT2D eigenvalue weighted by Gasteiger charge is -2.19. The van der Waals surface area contributed by atoms with Crippen molar-refractivity contribution in [1.29, 1.82) is 0 Å². The van der Waals surface area contributed by atoms with Crippen LogP contribution in [0, 0.1) is 6.92 Å². The number of rotatable bonds is 2. The summed E-state index contributed by atoms with van der Waals surface area (Å²) in [6.07, 6.45) is 6.86. The molecule has 0 radical (unpaired) electrons. The molecule has 1 aliphatic rings. The number of hydrogen-bond donors (Lipinski definition) is 1. The molecular formula is C16H16BrN3. The van der Waals surface area contributed by atoms with Crippen molar-refractivity contribution < 1.29 is 0 Å². The summed E-state index contributed by atoms with van der Waals surface area (Å²) in [5.41, 5.74) is 2.28. The molecule has 102 valence electrons. The summed E-state index contributed by atoms with van der Waals surface area (Å²) in [5, 5.41) is 5.42. The normalized spacial score (nSPS) is 20.6. The van der Waals surface area contributed by atoms with Gasteiger partial charge in [-0.2, -0.15) is 0 Å². The zero-order valence-electron chi connectivity index (χ0n) is 11.5. The third kappa shape index (κ3) is 2.75. The molecule has 0 amide bonds. The van der Waals surface area contributed by atoms with E-state index in [1.807, 2.05) is 0 Å². The summed E-state index contributed by atoms with van der Waals surface area (Å²) in [6, 6.07) is 8.29. The zero-order valence-corrected chi connectivity index (χ0v) is 13.1. The standard InChI is InChI=1S/C16H16BrN3/c1-11-3-5-12(6-4-11)20-15-13-9-16(2,17)8-7-14(13)18-10-19-15/h3-7,9-10H,8H2,1-2H3,(H,18,19,20). The van der Waals surface area contributed by atoms with Crippen LogP contribution in [0.15, 0.2) is 30.6 Å². The van der Waals surface area contributed by atoms with Gasteiger partial charge in [0.1, 0.15) is 12.1 Å². The van der Waals surface area contributed by atoms with Crippen LogP contribution in [0.1, 0.15) is 18.9 Å². The highest BCUT2D eigenvalue weighted by Gasteiger charge is 2.19. The molecule has 0 aliphatic heterocycles. The van der Waals surface area contributed by atoms with Gasteiger partial charge in [-0.05, 0) is 32.4 Å². The Hall–Kier alpha value is -1.68. The first-order chi connectivity index (χ1) is 9.53. The highest BCUT2D eigenvalue weighted by molar-refractivity contribution is 9.10. The summed E-state index contributed by atoms with van der Waals surface area (Å²) < 4.78 is -0.0333. The lowest BCUT2D eigenvalue weighted by molar-refractivity contribution is 0.869.